The van der Waals surface area contributed by atoms with Gasteiger partial charge in [-0.2, -0.15) is 13.2 Å². The van der Waals surface area contributed by atoms with Crippen LogP contribution in [0.5, 0.6) is 0 Å². The fourth-order valence-corrected chi connectivity index (χ4v) is 3.53. The van der Waals surface area contributed by atoms with Crippen LogP contribution in [0.3, 0.4) is 0 Å². The Morgan fingerprint density at radius 1 is 1.00 bits per heavy atom. The SMILES string of the molecule is COC(=O)C1=CN(Cc2ccccc2)C=C(C(=O)C(F)(F)F)C1c1ccccc1Cl. The molecule has 4 nitrogen and oxygen atoms in total. The van der Waals surface area contributed by atoms with Gasteiger partial charge in [-0.05, 0) is 17.2 Å². The molecule has 8 heteroatoms. The monoisotopic (exact) mass is 435 g/mol. The lowest BCUT2D eigenvalue weighted by molar-refractivity contribution is -0.166. The molecule has 1 aliphatic rings. The van der Waals surface area contributed by atoms with E-state index >= 15 is 0 Å². The van der Waals surface area contributed by atoms with Gasteiger partial charge in [-0.15, -0.1) is 0 Å². The Bertz CT molecular complexity index is 1020. The van der Waals surface area contributed by atoms with Crippen LogP contribution in [0, 0.1) is 0 Å². The first-order valence-electron chi connectivity index (χ1n) is 8.89. The summed E-state index contributed by atoms with van der Waals surface area (Å²) in [6.45, 7) is 0.158. The van der Waals surface area contributed by atoms with Crippen LogP contribution in [0.15, 0.2) is 78.1 Å². The number of alkyl halides is 3. The van der Waals surface area contributed by atoms with Crippen LogP contribution in [0.1, 0.15) is 17.0 Å². The molecule has 0 saturated heterocycles. The number of carbonyl (C=O) groups excluding carboxylic acids is 2. The molecule has 0 fully saturated rings. The van der Waals surface area contributed by atoms with Gasteiger partial charge >= 0.3 is 12.1 Å². The van der Waals surface area contributed by atoms with Crippen molar-refractivity contribution in [3.63, 3.8) is 0 Å². The third-order valence-electron chi connectivity index (χ3n) is 4.60. The number of hydrogen-bond acceptors (Lipinski definition) is 4. The van der Waals surface area contributed by atoms with Gasteiger partial charge in [-0.1, -0.05) is 60.1 Å². The molecule has 0 amide bonds. The number of hydrogen-bond donors (Lipinski definition) is 0. The second-order valence-corrected chi connectivity index (χ2v) is 7.01. The van der Waals surface area contributed by atoms with Crippen LogP contribution in [0.2, 0.25) is 5.02 Å². The highest BCUT2D eigenvalue weighted by molar-refractivity contribution is 6.31. The zero-order chi connectivity index (χ0) is 21.9. The first-order chi connectivity index (χ1) is 14.2. The summed E-state index contributed by atoms with van der Waals surface area (Å²) in [5.41, 5.74) is 0.273. The minimum Gasteiger partial charge on any atom is -0.466 e. The van der Waals surface area contributed by atoms with Gasteiger partial charge in [0.1, 0.15) is 0 Å². The Labute approximate surface area is 176 Å². The number of halogens is 4. The predicted molar refractivity (Wildman–Crippen MR) is 105 cm³/mol. The molecule has 0 N–H and O–H groups in total. The quantitative estimate of drug-likeness (QED) is 0.619. The van der Waals surface area contributed by atoms with Crippen molar-refractivity contribution < 1.29 is 27.5 Å². The summed E-state index contributed by atoms with van der Waals surface area (Å²) in [5, 5.41) is 0.134. The molecule has 0 aliphatic carbocycles. The maximum absolute atomic E-state index is 13.4. The van der Waals surface area contributed by atoms with Crippen LogP contribution in [-0.4, -0.2) is 29.9 Å². The van der Waals surface area contributed by atoms with Gasteiger partial charge in [0.05, 0.1) is 12.7 Å². The zero-order valence-electron chi connectivity index (χ0n) is 15.8. The summed E-state index contributed by atoms with van der Waals surface area (Å²) < 4.78 is 45.0. The van der Waals surface area contributed by atoms with Gasteiger partial charge in [-0.3, -0.25) is 4.79 Å². The van der Waals surface area contributed by atoms with E-state index in [4.69, 9.17) is 16.3 Å². The number of ketones is 1. The van der Waals surface area contributed by atoms with Gasteiger partial charge in [0, 0.05) is 35.5 Å². The molecular weight excluding hydrogens is 419 g/mol. The smallest absolute Gasteiger partial charge is 0.454 e. The Balaban J connectivity index is 2.16. The van der Waals surface area contributed by atoms with Gasteiger partial charge in [0.25, 0.3) is 5.78 Å². The molecule has 1 unspecified atom stereocenters. The third-order valence-corrected chi connectivity index (χ3v) is 4.94. The molecule has 0 aromatic heterocycles. The number of benzene rings is 2. The minimum atomic E-state index is -5.12. The number of carbonyl (C=O) groups is 2. The molecule has 30 heavy (non-hydrogen) atoms. The molecule has 1 heterocycles. The van der Waals surface area contributed by atoms with Crippen LogP contribution < -0.4 is 0 Å². The largest absolute Gasteiger partial charge is 0.466 e. The van der Waals surface area contributed by atoms with Crippen molar-refractivity contribution in [3.05, 3.63) is 94.3 Å². The summed E-state index contributed by atoms with van der Waals surface area (Å²) in [6.07, 6.45) is -2.62. The maximum atomic E-state index is 13.4. The van der Waals surface area contributed by atoms with Crippen LogP contribution >= 0.6 is 11.6 Å². The topological polar surface area (TPSA) is 46.6 Å². The maximum Gasteiger partial charge on any atom is 0.454 e. The van der Waals surface area contributed by atoms with Crippen LogP contribution in [0.4, 0.5) is 13.2 Å². The van der Waals surface area contributed by atoms with Gasteiger partial charge in [0.2, 0.25) is 0 Å². The number of allylic oxidation sites excluding steroid dienone is 1. The van der Waals surface area contributed by atoms with E-state index in [0.717, 1.165) is 18.9 Å². The first-order valence-corrected chi connectivity index (χ1v) is 9.27. The van der Waals surface area contributed by atoms with E-state index in [1.54, 1.807) is 42.5 Å². The summed E-state index contributed by atoms with van der Waals surface area (Å²) in [5.74, 6) is -4.20. The zero-order valence-corrected chi connectivity index (χ0v) is 16.6. The second kappa shape index (κ2) is 8.75. The Hall–Kier alpha value is -3.06. The van der Waals surface area contributed by atoms with Gasteiger partial charge in [0.15, 0.2) is 0 Å². The Morgan fingerprint density at radius 2 is 1.60 bits per heavy atom. The summed E-state index contributed by atoms with van der Waals surface area (Å²) in [4.78, 5) is 26.2. The molecule has 3 rings (SSSR count). The second-order valence-electron chi connectivity index (χ2n) is 6.60. The number of methoxy groups -OCH3 is 1. The van der Waals surface area contributed by atoms with Crippen molar-refractivity contribution in [1.29, 1.82) is 0 Å². The highest BCUT2D eigenvalue weighted by atomic mass is 35.5. The molecule has 2 aromatic rings. The summed E-state index contributed by atoms with van der Waals surface area (Å²) >= 11 is 6.21. The van der Waals surface area contributed by atoms with Crippen molar-refractivity contribution in [2.45, 2.75) is 18.6 Å². The number of Topliss-reactive ketones (excluding diaryl/α,β-unsaturated/α-hetero) is 1. The summed E-state index contributed by atoms with van der Waals surface area (Å²) in [7, 11) is 1.12. The van der Waals surface area contributed by atoms with Crippen molar-refractivity contribution in [1.82, 2.24) is 4.90 Å². The van der Waals surface area contributed by atoms with Crippen molar-refractivity contribution in [3.8, 4) is 0 Å². The average molecular weight is 436 g/mol. The lowest BCUT2D eigenvalue weighted by atomic mass is 9.81. The molecule has 0 spiro atoms. The average Bonchev–Trinajstić information content (AvgIpc) is 2.72. The Kier molecular flexibility index (Phi) is 6.31. The van der Waals surface area contributed by atoms with E-state index in [1.165, 1.54) is 23.2 Å². The third kappa shape index (κ3) is 4.57. The molecule has 0 radical (unpaired) electrons. The molecule has 2 aromatic carbocycles. The van der Waals surface area contributed by atoms with Crippen molar-refractivity contribution in [2.24, 2.45) is 0 Å². The summed E-state index contributed by atoms with van der Waals surface area (Å²) in [6, 6.07) is 15.1. The molecule has 1 atom stereocenters. The van der Waals surface area contributed by atoms with E-state index < -0.39 is 29.4 Å². The number of esters is 1. The molecule has 0 saturated carbocycles. The van der Waals surface area contributed by atoms with Gasteiger partial charge < -0.3 is 9.64 Å². The van der Waals surface area contributed by atoms with E-state index in [1.807, 2.05) is 0 Å². The first kappa shape index (κ1) is 21.6. The Morgan fingerprint density at radius 3 is 2.20 bits per heavy atom. The lowest BCUT2D eigenvalue weighted by Gasteiger charge is -2.31. The van der Waals surface area contributed by atoms with Crippen molar-refractivity contribution >= 4 is 23.4 Å². The molecule has 1 aliphatic heterocycles. The standard InChI is InChI=1S/C22H17ClF3NO3/c1-30-21(29)17-13-27(11-14-7-3-2-4-8-14)12-16(20(28)22(24,25)26)19(17)15-9-5-6-10-18(15)23/h2-10,12-13,19H,11H2,1H3. The molecule has 0 bridgehead atoms. The fourth-order valence-electron chi connectivity index (χ4n) is 3.28. The predicted octanol–water partition coefficient (Wildman–Crippen LogP) is 5.01. The van der Waals surface area contributed by atoms with Crippen LogP contribution in [0.25, 0.3) is 0 Å². The van der Waals surface area contributed by atoms with Crippen molar-refractivity contribution in [2.75, 3.05) is 7.11 Å². The normalized spacial score (nSPS) is 16.6. The highest BCUT2D eigenvalue weighted by Crippen LogP contribution is 2.42. The fraction of sp³-hybridized carbons (Fsp3) is 0.182. The number of ether oxygens (including phenoxy) is 1. The minimum absolute atomic E-state index is 0.114. The number of rotatable bonds is 5. The van der Waals surface area contributed by atoms with Gasteiger partial charge in [-0.25, -0.2) is 4.79 Å². The number of nitrogens with zero attached hydrogens (tertiary/aromatic N) is 1. The van der Waals surface area contributed by atoms with E-state index in [-0.39, 0.29) is 22.7 Å². The highest BCUT2D eigenvalue weighted by Gasteiger charge is 2.46. The van der Waals surface area contributed by atoms with E-state index in [2.05, 4.69) is 0 Å². The molecular formula is C22H17ClF3NO3. The van der Waals surface area contributed by atoms with E-state index in [0.29, 0.717) is 0 Å². The van der Waals surface area contributed by atoms with E-state index in [9.17, 15) is 22.8 Å². The lowest BCUT2D eigenvalue weighted by Crippen LogP contribution is -2.34. The molecule has 156 valence electrons. The van der Waals surface area contributed by atoms with Crippen LogP contribution in [-0.2, 0) is 20.9 Å².